The quantitative estimate of drug-likeness (QED) is 0.813. The number of nitrogens with one attached hydrogen (secondary N) is 1. The van der Waals surface area contributed by atoms with Crippen LogP contribution in [0.4, 0.5) is 0 Å². The van der Waals surface area contributed by atoms with E-state index in [1.807, 2.05) is 0 Å². The van der Waals surface area contributed by atoms with E-state index in [0.717, 1.165) is 45.2 Å². The van der Waals surface area contributed by atoms with Gasteiger partial charge in [0.1, 0.15) is 0 Å². The molecule has 3 aliphatic rings. The Kier molecular flexibility index (Phi) is 4.85. The van der Waals surface area contributed by atoms with Gasteiger partial charge in [-0.3, -0.25) is 0 Å². The SMILES string of the molecule is O=S(=O)(CC1CCCCO1)N1CCOC2(CCNCC2)C1. The summed E-state index contributed by atoms with van der Waals surface area (Å²) in [6, 6.07) is 0. The van der Waals surface area contributed by atoms with Crippen LogP contribution in [0, 0.1) is 0 Å². The summed E-state index contributed by atoms with van der Waals surface area (Å²) in [5.41, 5.74) is -0.274. The number of morpholine rings is 1. The standard InChI is InChI=1S/C14H26N2O4S/c17-21(18,11-13-3-1-2-9-19-13)16-8-10-20-14(12-16)4-6-15-7-5-14/h13,15H,1-12H2. The predicted octanol–water partition coefficient (Wildman–Crippen LogP) is 0.340. The Labute approximate surface area is 127 Å². The minimum Gasteiger partial charge on any atom is -0.377 e. The van der Waals surface area contributed by atoms with Crippen molar-refractivity contribution in [3.05, 3.63) is 0 Å². The zero-order chi connectivity index (χ0) is 14.8. The topological polar surface area (TPSA) is 67.9 Å². The van der Waals surface area contributed by atoms with Gasteiger partial charge >= 0.3 is 0 Å². The second-order valence-electron chi connectivity index (χ2n) is 6.38. The molecule has 3 rings (SSSR count). The Morgan fingerprint density at radius 3 is 2.71 bits per heavy atom. The third-order valence-corrected chi connectivity index (χ3v) is 6.68. The number of hydrogen-bond acceptors (Lipinski definition) is 5. The van der Waals surface area contributed by atoms with Crippen LogP contribution in [0.1, 0.15) is 32.1 Å². The Morgan fingerprint density at radius 2 is 2.00 bits per heavy atom. The fourth-order valence-corrected chi connectivity index (χ4v) is 5.24. The second-order valence-corrected chi connectivity index (χ2v) is 8.40. The number of hydrogen-bond donors (Lipinski definition) is 1. The summed E-state index contributed by atoms with van der Waals surface area (Å²) < 4.78 is 38.5. The average Bonchev–Trinajstić information content (AvgIpc) is 2.49. The van der Waals surface area contributed by atoms with E-state index in [2.05, 4.69) is 5.32 Å². The van der Waals surface area contributed by atoms with E-state index in [1.165, 1.54) is 0 Å². The van der Waals surface area contributed by atoms with Crippen LogP contribution in [0.2, 0.25) is 0 Å². The van der Waals surface area contributed by atoms with E-state index in [0.29, 0.717) is 26.3 Å². The predicted molar refractivity (Wildman–Crippen MR) is 79.7 cm³/mol. The van der Waals surface area contributed by atoms with Gasteiger partial charge < -0.3 is 14.8 Å². The van der Waals surface area contributed by atoms with Crippen LogP contribution in [-0.2, 0) is 19.5 Å². The van der Waals surface area contributed by atoms with Gasteiger partial charge in [-0.2, -0.15) is 4.31 Å². The lowest BCUT2D eigenvalue weighted by atomic mass is 9.91. The van der Waals surface area contributed by atoms with Crippen molar-refractivity contribution in [3.63, 3.8) is 0 Å². The van der Waals surface area contributed by atoms with Crippen LogP contribution in [0.5, 0.6) is 0 Å². The first kappa shape index (κ1) is 15.7. The summed E-state index contributed by atoms with van der Waals surface area (Å²) in [6.07, 6.45) is 4.62. The monoisotopic (exact) mass is 318 g/mol. The molecule has 3 aliphatic heterocycles. The van der Waals surface area contributed by atoms with E-state index in [4.69, 9.17) is 9.47 Å². The first-order valence-electron chi connectivity index (χ1n) is 8.04. The molecule has 0 aromatic rings. The second kappa shape index (κ2) is 6.50. The van der Waals surface area contributed by atoms with E-state index in [9.17, 15) is 8.42 Å². The molecule has 3 heterocycles. The third-order valence-electron chi connectivity index (χ3n) is 4.79. The minimum absolute atomic E-state index is 0.126. The Bertz CT molecular complexity index is 436. The molecule has 6 nitrogen and oxygen atoms in total. The number of sulfonamides is 1. The fourth-order valence-electron chi connectivity index (χ4n) is 3.51. The van der Waals surface area contributed by atoms with Crippen LogP contribution in [0.3, 0.4) is 0 Å². The highest BCUT2D eigenvalue weighted by atomic mass is 32.2. The van der Waals surface area contributed by atoms with E-state index >= 15 is 0 Å². The average molecular weight is 318 g/mol. The van der Waals surface area contributed by atoms with Crippen molar-refractivity contribution in [3.8, 4) is 0 Å². The maximum absolute atomic E-state index is 12.7. The Hall–Kier alpha value is -0.210. The van der Waals surface area contributed by atoms with Crippen molar-refractivity contribution < 1.29 is 17.9 Å². The highest BCUT2D eigenvalue weighted by molar-refractivity contribution is 7.89. The number of ether oxygens (including phenoxy) is 2. The normalized spacial score (nSPS) is 31.3. The third kappa shape index (κ3) is 3.76. The van der Waals surface area contributed by atoms with Crippen molar-refractivity contribution in [1.29, 1.82) is 0 Å². The molecule has 3 saturated heterocycles. The molecule has 0 aromatic carbocycles. The van der Waals surface area contributed by atoms with Gasteiger partial charge in [0, 0.05) is 19.7 Å². The van der Waals surface area contributed by atoms with Gasteiger partial charge in [-0.05, 0) is 45.2 Å². The molecule has 0 amide bonds. The van der Waals surface area contributed by atoms with E-state index in [-0.39, 0.29) is 17.5 Å². The Morgan fingerprint density at radius 1 is 1.19 bits per heavy atom. The van der Waals surface area contributed by atoms with Gasteiger partial charge in [-0.25, -0.2) is 8.42 Å². The maximum atomic E-state index is 12.7. The van der Waals surface area contributed by atoms with Crippen molar-refractivity contribution in [2.24, 2.45) is 0 Å². The first-order chi connectivity index (χ1) is 10.1. The lowest BCUT2D eigenvalue weighted by Gasteiger charge is -2.44. The van der Waals surface area contributed by atoms with Crippen molar-refractivity contribution >= 4 is 10.0 Å². The molecule has 0 radical (unpaired) electrons. The van der Waals surface area contributed by atoms with Gasteiger partial charge in [0.25, 0.3) is 0 Å². The maximum Gasteiger partial charge on any atom is 0.216 e. The van der Waals surface area contributed by atoms with Crippen LogP contribution in [0.25, 0.3) is 0 Å². The van der Waals surface area contributed by atoms with E-state index < -0.39 is 10.0 Å². The number of piperidine rings is 1. The van der Waals surface area contributed by atoms with Gasteiger partial charge in [-0.1, -0.05) is 0 Å². The van der Waals surface area contributed by atoms with Crippen molar-refractivity contribution in [2.45, 2.75) is 43.8 Å². The first-order valence-corrected chi connectivity index (χ1v) is 9.65. The molecule has 1 unspecified atom stereocenters. The molecule has 0 aromatic heterocycles. The zero-order valence-corrected chi connectivity index (χ0v) is 13.4. The van der Waals surface area contributed by atoms with Gasteiger partial charge in [0.05, 0.1) is 24.1 Å². The molecule has 0 bridgehead atoms. The summed E-state index contributed by atoms with van der Waals surface area (Å²) >= 11 is 0. The Balaban J connectivity index is 1.63. The van der Waals surface area contributed by atoms with Gasteiger partial charge in [0.15, 0.2) is 0 Å². The molecule has 0 aliphatic carbocycles. The van der Waals surface area contributed by atoms with Crippen molar-refractivity contribution in [2.75, 3.05) is 45.1 Å². The molecular weight excluding hydrogens is 292 g/mol. The number of rotatable bonds is 3. The zero-order valence-electron chi connectivity index (χ0n) is 12.6. The van der Waals surface area contributed by atoms with Crippen LogP contribution < -0.4 is 5.32 Å². The lowest BCUT2D eigenvalue weighted by Crippen LogP contribution is -2.58. The molecule has 21 heavy (non-hydrogen) atoms. The molecule has 1 N–H and O–H groups in total. The molecule has 1 atom stereocenters. The smallest absolute Gasteiger partial charge is 0.216 e. The lowest BCUT2D eigenvalue weighted by molar-refractivity contribution is -0.105. The molecular formula is C14H26N2O4S. The molecule has 1 spiro atoms. The van der Waals surface area contributed by atoms with Gasteiger partial charge in [-0.15, -0.1) is 0 Å². The summed E-state index contributed by atoms with van der Waals surface area (Å²) in [4.78, 5) is 0. The van der Waals surface area contributed by atoms with Crippen LogP contribution in [-0.4, -0.2) is 69.6 Å². The fraction of sp³-hybridized carbons (Fsp3) is 1.00. The largest absolute Gasteiger partial charge is 0.377 e. The number of nitrogens with zero attached hydrogens (tertiary/aromatic N) is 1. The molecule has 7 heteroatoms. The molecule has 0 saturated carbocycles. The van der Waals surface area contributed by atoms with Crippen LogP contribution >= 0.6 is 0 Å². The van der Waals surface area contributed by atoms with Crippen molar-refractivity contribution in [1.82, 2.24) is 9.62 Å². The summed E-state index contributed by atoms with van der Waals surface area (Å²) in [7, 11) is -3.25. The summed E-state index contributed by atoms with van der Waals surface area (Å²) in [6.45, 7) is 3.98. The van der Waals surface area contributed by atoms with Crippen LogP contribution in [0.15, 0.2) is 0 Å². The molecule has 122 valence electrons. The highest BCUT2D eigenvalue weighted by Crippen LogP contribution is 2.29. The summed E-state index contributed by atoms with van der Waals surface area (Å²) in [5.74, 6) is 0.126. The van der Waals surface area contributed by atoms with Gasteiger partial charge in [0.2, 0.25) is 10.0 Å². The summed E-state index contributed by atoms with van der Waals surface area (Å²) in [5, 5.41) is 3.31. The highest BCUT2D eigenvalue weighted by Gasteiger charge is 2.42. The van der Waals surface area contributed by atoms with E-state index in [1.54, 1.807) is 4.31 Å². The minimum atomic E-state index is -3.25. The molecule has 3 fully saturated rings.